The normalized spacial score (nSPS) is 10.2. The molecule has 0 atom stereocenters. The summed E-state index contributed by atoms with van der Waals surface area (Å²) in [5.41, 5.74) is 3.03. The fourth-order valence-corrected chi connectivity index (χ4v) is 2.32. The van der Waals surface area contributed by atoms with Crippen LogP contribution in [0.25, 0.3) is 11.1 Å². The third-order valence-electron chi connectivity index (χ3n) is 3.10. The summed E-state index contributed by atoms with van der Waals surface area (Å²) in [7, 11) is 4.82. The van der Waals surface area contributed by atoms with Crippen LogP contribution in [-0.2, 0) is 5.88 Å². The van der Waals surface area contributed by atoms with Crippen LogP contribution in [0.2, 0.25) is 0 Å². The number of alkyl halides is 1. The van der Waals surface area contributed by atoms with Crippen molar-refractivity contribution in [3.63, 3.8) is 0 Å². The zero-order valence-corrected chi connectivity index (χ0v) is 12.5. The molecule has 0 saturated carbocycles. The zero-order valence-electron chi connectivity index (χ0n) is 11.8. The Bertz CT molecular complexity index is 596. The van der Waals surface area contributed by atoms with Crippen LogP contribution < -0.4 is 14.2 Å². The quantitative estimate of drug-likeness (QED) is 0.776. The zero-order chi connectivity index (χ0) is 14.5. The van der Waals surface area contributed by atoms with Gasteiger partial charge in [-0.25, -0.2) is 0 Å². The lowest BCUT2D eigenvalue weighted by atomic mass is 10.0. The van der Waals surface area contributed by atoms with Gasteiger partial charge >= 0.3 is 0 Å². The van der Waals surface area contributed by atoms with Gasteiger partial charge in [-0.1, -0.05) is 18.2 Å². The van der Waals surface area contributed by atoms with Crippen LogP contribution in [0.1, 0.15) is 5.56 Å². The van der Waals surface area contributed by atoms with Gasteiger partial charge in [-0.3, -0.25) is 0 Å². The van der Waals surface area contributed by atoms with Gasteiger partial charge in [-0.2, -0.15) is 0 Å². The Morgan fingerprint density at radius 3 is 2.25 bits per heavy atom. The van der Waals surface area contributed by atoms with Crippen molar-refractivity contribution in [3.05, 3.63) is 42.0 Å². The molecule has 0 aliphatic carbocycles. The minimum absolute atomic E-state index is 0.476. The van der Waals surface area contributed by atoms with Gasteiger partial charge in [-0.05, 0) is 29.3 Å². The molecule has 0 bridgehead atoms. The van der Waals surface area contributed by atoms with Crippen LogP contribution in [0, 0.1) is 0 Å². The Balaban J connectivity index is 2.61. The van der Waals surface area contributed by atoms with Crippen molar-refractivity contribution in [2.45, 2.75) is 5.88 Å². The summed E-state index contributed by atoms with van der Waals surface area (Å²) in [6.45, 7) is 0. The molecule has 0 aliphatic rings. The van der Waals surface area contributed by atoms with Crippen LogP contribution in [0.3, 0.4) is 0 Å². The van der Waals surface area contributed by atoms with E-state index in [9.17, 15) is 0 Å². The largest absolute Gasteiger partial charge is 0.493 e. The Morgan fingerprint density at radius 2 is 1.65 bits per heavy atom. The average Bonchev–Trinajstić information content (AvgIpc) is 2.53. The third kappa shape index (κ3) is 2.68. The van der Waals surface area contributed by atoms with Gasteiger partial charge in [-0.15, -0.1) is 11.6 Å². The summed E-state index contributed by atoms with van der Waals surface area (Å²) in [5.74, 6) is 2.35. The van der Waals surface area contributed by atoms with Crippen LogP contribution in [0.5, 0.6) is 17.2 Å². The molecule has 0 heterocycles. The van der Waals surface area contributed by atoms with Crippen LogP contribution in [0.4, 0.5) is 0 Å². The number of halogens is 1. The third-order valence-corrected chi connectivity index (χ3v) is 3.41. The number of ether oxygens (including phenoxy) is 3. The highest BCUT2D eigenvalue weighted by Crippen LogP contribution is 2.44. The van der Waals surface area contributed by atoms with Gasteiger partial charge in [0.2, 0.25) is 5.75 Å². The van der Waals surface area contributed by atoms with Crippen LogP contribution in [-0.4, -0.2) is 21.3 Å². The van der Waals surface area contributed by atoms with Crippen molar-refractivity contribution in [1.29, 1.82) is 0 Å². The molecule has 0 fully saturated rings. The lowest BCUT2D eigenvalue weighted by Gasteiger charge is -2.16. The second kappa shape index (κ2) is 6.53. The fraction of sp³-hybridized carbons (Fsp3) is 0.250. The molecule has 20 heavy (non-hydrogen) atoms. The molecule has 2 aromatic carbocycles. The standard InChI is InChI=1S/C16H17ClO3/c1-18-14-8-7-13(15(19-2)16(14)20-3)12-6-4-5-11(9-12)10-17/h4-9H,10H2,1-3H3. The molecule has 0 amide bonds. The molecule has 0 radical (unpaired) electrons. The summed E-state index contributed by atoms with van der Waals surface area (Å²) >= 11 is 5.89. The average molecular weight is 293 g/mol. The van der Waals surface area contributed by atoms with E-state index in [1.54, 1.807) is 21.3 Å². The molecule has 0 aliphatic heterocycles. The smallest absolute Gasteiger partial charge is 0.203 e. The summed E-state index contributed by atoms with van der Waals surface area (Å²) < 4.78 is 16.2. The van der Waals surface area contributed by atoms with Crippen LogP contribution in [0.15, 0.2) is 36.4 Å². The van der Waals surface area contributed by atoms with E-state index in [0.717, 1.165) is 16.7 Å². The number of methoxy groups -OCH3 is 3. The molecule has 0 spiro atoms. The summed E-state index contributed by atoms with van der Waals surface area (Å²) in [6, 6.07) is 11.8. The molecule has 0 saturated heterocycles. The molecule has 106 valence electrons. The van der Waals surface area contributed by atoms with Gasteiger partial charge in [0.25, 0.3) is 0 Å². The van der Waals surface area contributed by atoms with Crippen LogP contribution >= 0.6 is 11.6 Å². The molecule has 3 nitrogen and oxygen atoms in total. The first-order valence-corrected chi connectivity index (χ1v) is 6.72. The summed E-state index contributed by atoms with van der Waals surface area (Å²) in [6.07, 6.45) is 0. The first-order valence-electron chi connectivity index (χ1n) is 6.19. The van der Waals surface area contributed by atoms with E-state index in [-0.39, 0.29) is 0 Å². The van der Waals surface area contributed by atoms with E-state index < -0.39 is 0 Å². The van der Waals surface area contributed by atoms with Gasteiger partial charge in [0.05, 0.1) is 21.3 Å². The minimum atomic E-state index is 0.476. The number of hydrogen-bond donors (Lipinski definition) is 0. The summed E-state index contributed by atoms with van der Waals surface area (Å²) in [4.78, 5) is 0. The van der Waals surface area contributed by atoms with E-state index in [2.05, 4.69) is 0 Å². The lowest BCUT2D eigenvalue weighted by Crippen LogP contribution is -1.97. The van der Waals surface area contributed by atoms with E-state index in [0.29, 0.717) is 23.1 Å². The maximum absolute atomic E-state index is 5.89. The van der Waals surface area contributed by atoms with Gasteiger partial charge in [0, 0.05) is 11.4 Å². The molecule has 0 N–H and O–H groups in total. The topological polar surface area (TPSA) is 27.7 Å². The predicted octanol–water partition coefficient (Wildman–Crippen LogP) is 4.12. The Kier molecular flexibility index (Phi) is 4.74. The predicted molar refractivity (Wildman–Crippen MR) is 81.1 cm³/mol. The van der Waals surface area contributed by atoms with Crippen molar-refractivity contribution in [1.82, 2.24) is 0 Å². The second-order valence-electron chi connectivity index (χ2n) is 4.22. The minimum Gasteiger partial charge on any atom is -0.493 e. The Morgan fingerprint density at radius 1 is 0.900 bits per heavy atom. The molecular formula is C16H17ClO3. The van der Waals surface area contributed by atoms with E-state index in [4.69, 9.17) is 25.8 Å². The Labute approximate surface area is 124 Å². The number of benzene rings is 2. The highest BCUT2D eigenvalue weighted by atomic mass is 35.5. The number of rotatable bonds is 5. The maximum atomic E-state index is 5.89. The maximum Gasteiger partial charge on any atom is 0.203 e. The monoisotopic (exact) mass is 292 g/mol. The van der Waals surface area contributed by atoms with Crippen molar-refractivity contribution in [2.75, 3.05) is 21.3 Å². The van der Waals surface area contributed by atoms with Gasteiger partial charge in [0.1, 0.15) is 0 Å². The highest BCUT2D eigenvalue weighted by molar-refractivity contribution is 6.17. The lowest BCUT2D eigenvalue weighted by molar-refractivity contribution is 0.325. The molecule has 4 heteroatoms. The second-order valence-corrected chi connectivity index (χ2v) is 4.48. The summed E-state index contributed by atoms with van der Waals surface area (Å²) in [5, 5.41) is 0. The van der Waals surface area contributed by atoms with E-state index in [1.165, 1.54) is 0 Å². The number of hydrogen-bond acceptors (Lipinski definition) is 3. The van der Waals surface area contributed by atoms with Crippen molar-refractivity contribution >= 4 is 11.6 Å². The fourth-order valence-electron chi connectivity index (χ4n) is 2.15. The molecule has 2 rings (SSSR count). The highest BCUT2D eigenvalue weighted by Gasteiger charge is 2.16. The Hall–Kier alpha value is -1.87. The molecular weight excluding hydrogens is 276 g/mol. The van der Waals surface area contributed by atoms with Gasteiger partial charge in [0.15, 0.2) is 11.5 Å². The van der Waals surface area contributed by atoms with E-state index >= 15 is 0 Å². The molecule has 0 unspecified atom stereocenters. The van der Waals surface area contributed by atoms with E-state index in [1.807, 2.05) is 36.4 Å². The van der Waals surface area contributed by atoms with Crippen molar-refractivity contribution in [3.8, 4) is 28.4 Å². The molecule has 0 aromatic heterocycles. The van der Waals surface area contributed by atoms with Crippen molar-refractivity contribution in [2.24, 2.45) is 0 Å². The van der Waals surface area contributed by atoms with Crippen molar-refractivity contribution < 1.29 is 14.2 Å². The first-order chi connectivity index (χ1) is 9.74. The SMILES string of the molecule is COc1ccc(-c2cccc(CCl)c2)c(OC)c1OC. The molecule has 2 aromatic rings. The first kappa shape index (κ1) is 14.5. The van der Waals surface area contributed by atoms with Gasteiger partial charge < -0.3 is 14.2 Å².